The molecular formula is C14H18ClNO2. The van der Waals surface area contributed by atoms with Crippen molar-refractivity contribution in [2.75, 3.05) is 19.5 Å². The van der Waals surface area contributed by atoms with Crippen molar-refractivity contribution in [1.82, 2.24) is 4.90 Å². The first-order valence-corrected chi connectivity index (χ1v) is 6.70. The summed E-state index contributed by atoms with van der Waals surface area (Å²) in [6, 6.07) is 6.16. The zero-order chi connectivity index (χ0) is 13.1. The Labute approximate surface area is 113 Å². The fourth-order valence-corrected chi connectivity index (χ4v) is 2.72. The number of benzene rings is 1. The Balaban J connectivity index is 2.32. The fourth-order valence-electron chi connectivity index (χ4n) is 2.57. The number of carbonyl (C=O) groups excluding carboxylic acids is 1. The highest BCUT2D eigenvalue weighted by Crippen LogP contribution is 2.35. The van der Waals surface area contributed by atoms with Gasteiger partial charge in [0.1, 0.15) is 11.6 Å². The maximum Gasteiger partial charge on any atom is 0.238 e. The third-order valence-corrected chi connectivity index (χ3v) is 3.76. The Kier molecular flexibility index (Phi) is 4.12. The number of halogens is 1. The molecule has 1 fully saturated rings. The lowest BCUT2D eigenvalue weighted by molar-refractivity contribution is -0.129. The zero-order valence-corrected chi connectivity index (χ0v) is 11.5. The predicted molar refractivity (Wildman–Crippen MR) is 72.1 cm³/mol. The van der Waals surface area contributed by atoms with Gasteiger partial charge in [0, 0.05) is 6.54 Å². The maximum absolute atomic E-state index is 11.8. The minimum Gasteiger partial charge on any atom is -0.497 e. The molecule has 0 aliphatic carbocycles. The van der Waals surface area contributed by atoms with E-state index in [2.05, 4.69) is 6.92 Å². The number of likely N-dealkylation sites (tertiary alicyclic amines) is 1. The lowest BCUT2D eigenvalue weighted by Crippen LogP contribution is -2.31. The van der Waals surface area contributed by atoms with Crippen molar-refractivity contribution in [2.45, 2.75) is 25.8 Å². The van der Waals surface area contributed by atoms with Crippen molar-refractivity contribution in [3.63, 3.8) is 0 Å². The first-order chi connectivity index (χ1) is 8.67. The van der Waals surface area contributed by atoms with Gasteiger partial charge in [0.25, 0.3) is 0 Å². The van der Waals surface area contributed by atoms with Gasteiger partial charge >= 0.3 is 0 Å². The number of aryl methyl sites for hydroxylation is 1. The van der Waals surface area contributed by atoms with Crippen molar-refractivity contribution in [3.05, 3.63) is 29.3 Å². The molecule has 1 aromatic rings. The summed E-state index contributed by atoms with van der Waals surface area (Å²) in [4.78, 5) is 13.7. The van der Waals surface area contributed by atoms with E-state index in [-0.39, 0.29) is 17.8 Å². The minimum atomic E-state index is 0.0152. The molecule has 0 aromatic heterocycles. The average molecular weight is 268 g/mol. The molecule has 3 nitrogen and oxygen atoms in total. The van der Waals surface area contributed by atoms with Crippen LogP contribution in [0.5, 0.6) is 5.75 Å². The van der Waals surface area contributed by atoms with E-state index in [4.69, 9.17) is 16.3 Å². The van der Waals surface area contributed by atoms with Gasteiger partial charge in [-0.05, 0) is 43.0 Å². The molecule has 98 valence electrons. The topological polar surface area (TPSA) is 29.5 Å². The molecule has 2 rings (SSSR count). The third-order valence-electron chi connectivity index (χ3n) is 3.53. The second kappa shape index (κ2) is 5.61. The molecule has 18 heavy (non-hydrogen) atoms. The highest BCUT2D eigenvalue weighted by Gasteiger charge is 2.30. The number of alkyl halides is 1. The number of hydrogen-bond acceptors (Lipinski definition) is 2. The zero-order valence-electron chi connectivity index (χ0n) is 10.8. The molecule has 1 aromatic carbocycles. The molecule has 1 saturated heterocycles. The van der Waals surface area contributed by atoms with Gasteiger partial charge in [-0.2, -0.15) is 0 Å². The Morgan fingerprint density at radius 3 is 3.00 bits per heavy atom. The minimum absolute atomic E-state index is 0.0152. The molecule has 0 N–H and O–H groups in total. The summed E-state index contributed by atoms with van der Waals surface area (Å²) in [5.41, 5.74) is 2.36. The van der Waals surface area contributed by atoms with E-state index < -0.39 is 0 Å². The van der Waals surface area contributed by atoms with Crippen LogP contribution < -0.4 is 4.74 Å². The van der Waals surface area contributed by atoms with E-state index in [9.17, 15) is 4.79 Å². The molecule has 1 heterocycles. The van der Waals surface area contributed by atoms with E-state index in [0.717, 1.165) is 25.1 Å². The molecule has 0 spiro atoms. The Bertz CT molecular complexity index is 447. The van der Waals surface area contributed by atoms with Gasteiger partial charge in [-0.1, -0.05) is 6.07 Å². The number of amides is 1. The molecule has 0 saturated carbocycles. The summed E-state index contributed by atoms with van der Waals surface area (Å²) >= 11 is 5.67. The van der Waals surface area contributed by atoms with Crippen LogP contribution in [0.25, 0.3) is 0 Å². The van der Waals surface area contributed by atoms with Crippen molar-refractivity contribution in [1.29, 1.82) is 0 Å². The molecule has 1 aliphatic rings. The Hall–Kier alpha value is -1.22. The Morgan fingerprint density at radius 1 is 1.56 bits per heavy atom. The predicted octanol–water partition coefficient (Wildman–Crippen LogP) is 2.91. The number of hydrogen-bond donors (Lipinski definition) is 0. The van der Waals surface area contributed by atoms with E-state index in [1.807, 2.05) is 23.1 Å². The molecular weight excluding hydrogens is 250 g/mol. The van der Waals surface area contributed by atoms with Crippen molar-refractivity contribution < 1.29 is 9.53 Å². The summed E-state index contributed by atoms with van der Waals surface area (Å²) in [5, 5.41) is 0. The molecule has 1 aliphatic heterocycles. The lowest BCUT2D eigenvalue weighted by atomic mass is 9.99. The number of nitrogens with zero attached hydrogens (tertiary/aromatic N) is 1. The molecule has 0 radical (unpaired) electrons. The number of rotatable bonds is 3. The number of ether oxygens (including phenoxy) is 1. The van der Waals surface area contributed by atoms with E-state index in [1.54, 1.807) is 7.11 Å². The van der Waals surface area contributed by atoms with Crippen LogP contribution in [0.1, 0.15) is 30.0 Å². The van der Waals surface area contributed by atoms with Crippen LogP contribution in [0.2, 0.25) is 0 Å². The number of carbonyl (C=O) groups is 1. The maximum atomic E-state index is 11.8. The molecule has 1 atom stereocenters. The van der Waals surface area contributed by atoms with Gasteiger partial charge in [0.2, 0.25) is 5.91 Å². The first-order valence-electron chi connectivity index (χ1n) is 6.17. The smallest absolute Gasteiger partial charge is 0.238 e. The largest absolute Gasteiger partial charge is 0.497 e. The molecule has 1 amide bonds. The van der Waals surface area contributed by atoms with Crippen LogP contribution in [0.3, 0.4) is 0 Å². The van der Waals surface area contributed by atoms with Crippen LogP contribution in [-0.2, 0) is 4.79 Å². The summed E-state index contributed by atoms with van der Waals surface area (Å²) in [7, 11) is 1.66. The lowest BCUT2D eigenvalue weighted by Gasteiger charge is -2.26. The summed E-state index contributed by atoms with van der Waals surface area (Å²) < 4.78 is 5.26. The van der Waals surface area contributed by atoms with Crippen molar-refractivity contribution in [3.8, 4) is 5.75 Å². The fraction of sp³-hybridized carbons (Fsp3) is 0.500. The summed E-state index contributed by atoms with van der Waals surface area (Å²) in [5.74, 6) is 0.904. The van der Waals surface area contributed by atoms with Gasteiger partial charge in [-0.15, -0.1) is 11.6 Å². The van der Waals surface area contributed by atoms with Gasteiger partial charge in [-0.3, -0.25) is 4.79 Å². The molecule has 0 bridgehead atoms. The number of methoxy groups -OCH3 is 1. The monoisotopic (exact) mass is 267 g/mol. The van der Waals surface area contributed by atoms with Gasteiger partial charge in [0.15, 0.2) is 0 Å². The van der Waals surface area contributed by atoms with E-state index >= 15 is 0 Å². The quantitative estimate of drug-likeness (QED) is 0.788. The molecule has 4 heteroatoms. The van der Waals surface area contributed by atoms with Crippen molar-refractivity contribution in [2.24, 2.45) is 0 Å². The van der Waals surface area contributed by atoms with Crippen LogP contribution in [-0.4, -0.2) is 30.3 Å². The second-order valence-electron chi connectivity index (χ2n) is 4.60. The normalized spacial score (nSPS) is 19.1. The standard InChI is InChI=1S/C14H18ClNO2/c1-10-5-6-11(18-2)8-12(10)13-4-3-7-16(13)14(17)9-15/h5-6,8,13H,3-4,7,9H2,1-2H3. The van der Waals surface area contributed by atoms with Crippen molar-refractivity contribution >= 4 is 17.5 Å². The first kappa shape index (κ1) is 13.2. The third kappa shape index (κ3) is 2.46. The summed E-state index contributed by atoms with van der Waals surface area (Å²) in [6.45, 7) is 2.86. The SMILES string of the molecule is COc1ccc(C)c(C2CCCN2C(=O)CCl)c1. The van der Waals surface area contributed by atoms with Gasteiger partial charge < -0.3 is 9.64 Å². The Morgan fingerprint density at radius 2 is 2.33 bits per heavy atom. The van der Waals surface area contributed by atoms with E-state index in [0.29, 0.717) is 0 Å². The molecule has 1 unspecified atom stereocenters. The van der Waals surface area contributed by atoms with Crippen LogP contribution in [0.4, 0.5) is 0 Å². The van der Waals surface area contributed by atoms with Crippen LogP contribution >= 0.6 is 11.6 Å². The van der Waals surface area contributed by atoms with E-state index in [1.165, 1.54) is 11.1 Å². The highest BCUT2D eigenvalue weighted by atomic mass is 35.5. The van der Waals surface area contributed by atoms with Gasteiger partial charge in [0.05, 0.1) is 13.2 Å². The average Bonchev–Trinajstić information content (AvgIpc) is 2.87. The second-order valence-corrected chi connectivity index (χ2v) is 4.87. The van der Waals surface area contributed by atoms with Gasteiger partial charge in [-0.25, -0.2) is 0 Å². The van der Waals surface area contributed by atoms with Crippen LogP contribution in [0.15, 0.2) is 18.2 Å². The summed E-state index contributed by atoms with van der Waals surface area (Å²) in [6.07, 6.45) is 2.03. The highest BCUT2D eigenvalue weighted by molar-refractivity contribution is 6.27. The van der Waals surface area contributed by atoms with Crippen LogP contribution in [0, 0.1) is 6.92 Å².